The highest BCUT2D eigenvalue weighted by atomic mass is 16.5. The second-order valence-electron chi connectivity index (χ2n) is 18.1. The van der Waals surface area contributed by atoms with E-state index in [4.69, 9.17) is 4.74 Å². The first-order valence-electron chi connectivity index (χ1n) is 20.0. The van der Waals surface area contributed by atoms with Crippen molar-refractivity contribution < 1.29 is 4.74 Å². The van der Waals surface area contributed by atoms with E-state index in [-0.39, 0.29) is 10.8 Å². The van der Waals surface area contributed by atoms with Crippen LogP contribution >= 0.6 is 0 Å². The quantitative estimate of drug-likeness (QED) is 0.173. The Hall–Kier alpha value is -6.18. The van der Waals surface area contributed by atoms with Gasteiger partial charge in [-0.05, 0) is 118 Å². The Bertz CT molecular complexity index is 2900. The van der Waals surface area contributed by atoms with Crippen molar-refractivity contribution in [2.75, 3.05) is 0 Å². The molecule has 56 heavy (non-hydrogen) atoms. The Morgan fingerprint density at radius 2 is 0.929 bits per heavy atom. The fourth-order valence-electron chi connectivity index (χ4n) is 10.1. The van der Waals surface area contributed by atoms with Crippen LogP contribution in [0.2, 0.25) is 0 Å². The van der Waals surface area contributed by atoms with Crippen LogP contribution in [0, 0.1) is 0 Å². The van der Waals surface area contributed by atoms with Gasteiger partial charge >= 0.3 is 0 Å². The fourth-order valence-corrected chi connectivity index (χ4v) is 10.1. The lowest BCUT2D eigenvalue weighted by Crippen LogP contribution is -2.27. The Balaban J connectivity index is 1.15. The monoisotopic (exact) mass is 720 g/mol. The molecule has 1 spiro atoms. The summed E-state index contributed by atoms with van der Waals surface area (Å²) in [7, 11) is 0. The summed E-state index contributed by atoms with van der Waals surface area (Å²) < 4.78 is 6.46. The number of para-hydroxylation sites is 1. The van der Waals surface area contributed by atoms with Gasteiger partial charge in [0, 0.05) is 10.9 Å². The summed E-state index contributed by atoms with van der Waals surface area (Å²) in [5.74, 6) is 1.83. The van der Waals surface area contributed by atoms with Crippen LogP contribution in [-0.4, -0.2) is 0 Å². The standard InChI is InChI=1S/C55H44O/c1-53(2,3)35-24-26-39-40-27-25-36(54(4,5)6)32-48(40)55(47(39)31-35)45-21-9-7-17-44(45)51-38(18-13-22-46(51)55)34-15-11-14-33(30-34)37-28-29-50-52-42(37)19-12-20-43(52)41-16-8-10-23-49(41)56-50/h7-32H,1-6H3. The first-order valence-corrected chi connectivity index (χ1v) is 20.0. The molecule has 0 saturated heterocycles. The molecule has 0 fully saturated rings. The maximum atomic E-state index is 6.46. The maximum absolute atomic E-state index is 6.46. The molecule has 0 aromatic heterocycles. The molecular weight excluding hydrogens is 677 g/mol. The highest BCUT2D eigenvalue weighted by Crippen LogP contribution is 2.64. The Morgan fingerprint density at radius 3 is 1.64 bits per heavy atom. The predicted octanol–water partition coefficient (Wildman–Crippen LogP) is 14.9. The molecular formula is C55H44O. The number of benzene rings is 8. The van der Waals surface area contributed by atoms with Crippen LogP contribution in [0.1, 0.15) is 74.9 Å². The van der Waals surface area contributed by atoms with Crippen LogP contribution < -0.4 is 4.74 Å². The van der Waals surface area contributed by atoms with Gasteiger partial charge in [-0.25, -0.2) is 0 Å². The summed E-state index contributed by atoms with van der Waals surface area (Å²) in [6.45, 7) is 14.0. The molecule has 1 heterocycles. The van der Waals surface area contributed by atoms with Gasteiger partial charge in [-0.3, -0.25) is 0 Å². The van der Waals surface area contributed by atoms with Crippen molar-refractivity contribution in [3.05, 3.63) is 191 Å². The van der Waals surface area contributed by atoms with E-state index < -0.39 is 5.41 Å². The van der Waals surface area contributed by atoms with Gasteiger partial charge in [0.15, 0.2) is 0 Å². The first kappa shape index (κ1) is 33.2. The molecule has 2 aliphatic carbocycles. The molecule has 0 radical (unpaired) electrons. The van der Waals surface area contributed by atoms with Crippen LogP contribution in [-0.2, 0) is 16.2 Å². The van der Waals surface area contributed by atoms with Gasteiger partial charge in [0.2, 0.25) is 0 Å². The van der Waals surface area contributed by atoms with Crippen molar-refractivity contribution in [3.63, 3.8) is 0 Å². The Labute approximate surface area is 330 Å². The average Bonchev–Trinajstić information content (AvgIpc) is 3.67. The largest absolute Gasteiger partial charge is 0.456 e. The third-order valence-electron chi connectivity index (χ3n) is 12.8. The zero-order valence-electron chi connectivity index (χ0n) is 32.9. The van der Waals surface area contributed by atoms with E-state index in [1.165, 1.54) is 94.2 Å². The molecule has 3 aliphatic rings. The molecule has 1 aliphatic heterocycles. The minimum absolute atomic E-state index is 0.0159. The normalized spacial score (nSPS) is 14.2. The molecule has 1 heteroatoms. The summed E-state index contributed by atoms with van der Waals surface area (Å²) in [5.41, 5.74) is 20.5. The summed E-state index contributed by atoms with van der Waals surface area (Å²) in [6.07, 6.45) is 0. The molecule has 0 saturated carbocycles. The number of hydrogen-bond donors (Lipinski definition) is 0. The van der Waals surface area contributed by atoms with Gasteiger partial charge in [-0.2, -0.15) is 0 Å². The van der Waals surface area contributed by atoms with Crippen molar-refractivity contribution in [2.45, 2.75) is 57.8 Å². The minimum Gasteiger partial charge on any atom is -0.456 e. The second-order valence-corrected chi connectivity index (χ2v) is 18.1. The third kappa shape index (κ3) is 4.49. The fraction of sp³-hybridized carbons (Fsp3) is 0.164. The minimum atomic E-state index is -0.431. The molecule has 1 nitrogen and oxygen atoms in total. The molecule has 0 bridgehead atoms. The lowest BCUT2D eigenvalue weighted by molar-refractivity contribution is 0.487. The Morgan fingerprint density at radius 1 is 0.375 bits per heavy atom. The zero-order valence-corrected chi connectivity index (χ0v) is 32.9. The SMILES string of the molecule is CC(C)(C)c1ccc2c(c1)C1(c3cc(C(C)(C)C)ccc3-2)c2ccccc2-c2c(-c3cccc(-c4ccc5c6c(cccc46)-c4ccccc4O5)c3)cccc21. The summed E-state index contributed by atoms with van der Waals surface area (Å²) in [4.78, 5) is 0. The summed E-state index contributed by atoms with van der Waals surface area (Å²) >= 11 is 0. The van der Waals surface area contributed by atoms with Crippen LogP contribution in [0.15, 0.2) is 158 Å². The highest BCUT2D eigenvalue weighted by Gasteiger charge is 2.52. The summed E-state index contributed by atoms with van der Waals surface area (Å²) in [5, 5.41) is 2.38. The van der Waals surface area contributed by atoms with Crippen LogP contribution in [0.5, 0.6) is 11.5 Å². The van der Waals surface area contributed by atoms with Gasteiger partial charge in [0.1, 0.15) is 11.5 Å². The van der Waals surface area contributed by atoms with Gasteiger partial charge in [-0.1, -0.05) is 181 Å². The van der Waals surface area contributed by atoms with Crippen molar-refractivity contribution in [1.82, 2.24) is 0 Å². The average molecular weight is 721 g/mol. The summed E-state index contributed by atoms with van der Waals surface area (Å²) in [6, 6.07) is 59.4. The van der Waals surface area contributed by atoms with Gasteiger partial charge in [-0.15, -0.1) is 0 Å². The predicted molar refractivity (Wildman–Crippen MR) is 234 cm³/mol. The van der Waals surface area contributed by atoms with Crippen LogP contribution in [0.4, 0.5) is 0 Å². The maximum Gasteiger partial charge on any atom is 0.135 e. The van der Waals surface area contributed by atoms with Crippen LogP contribution in [0.25, 0.3) is 66.4 Å². The molecule has 11 rings (SSSR count). The van der Waals surface area contributed by atoms with E-state index in [1.807, 2.05) is 6.07 Å². The van der Waals surface area contributed by atoms with Gasteiger partial charge in [0.05, 0.1) is 5.41 Å². The van der Waals surface area contributed by atoms with Gasteiger partial charge in [0.25, 0.3) is 0 Å². The second kappa shape index (κ2) is 11.4. The molecule has 8 aromatic carbocycles. The molecule has 0 unspecified atom stereocenters. The molecule has 0 atom stereocenters. The number of rotatable bonds is 2. The van der Waals surface area contributed by atoms with E-state index in [0.717, 1.165) is 17.1 Å². The van der Waals surface area contributed by atoms with Crippen molar-refractivity contribution in [2.24, 2.45) is 0 Å². The molecule has 0 N–H and O–H groups in total. The smallest absolute Gasteiger partial charge is 0.135 e. The topological polar surface area (TPSA) is 9.23 Å². The van der Waals surface area contributed by atoms with E-state index >= 15 is 0 Å². The molecule has 8 aromatic rings. The zero-order chi connectivity index (χ0) is 38.1. The molecule has 0 amide bonds. The lowest BCUT2D eigenvalue weighted by Gasteiger charge is -2.33. The van der Waals surface area contributed by atoms with Crippen molar-refractivity contribution in [1.29, 1.82) is 0 Å². The van der Waals surface area contributed by atoms with Gasteiger partial charge < -0.3 is 4.74 Å². The van der Waals surface area contributed by atoms with E-state index in [9.17, 15) is 0 Å². The van der Waals surface area contributed by atoms with E-state index in [2.05, 4.69) is 193 Å². The van der Waals surface area contributed by atoms with Crippen molar-refractivity contribution >= 4 is 10.8 Å². The number of hydrogen-bond acceptors (Lipinski definition) is 1. The number of ether oxygens (including phenoxy) is 1. The van der Waals surface area contributed by atoms with Crippen molar-refractivity contribution in [3.8, 4) is 67.1 Å². The van der Waals surface area contributed by atoms with Crippen LogP contribution in [0.3, 0.4) is 0 Å². The lowest BCUT2D eigenvalue weighted by atomic mass is 9.68. The van der Waals surface area contributed by atoms with E-state index in [1.54, 1.807) is 0 Å². The molecule has 270 valence electrons. The van der Waals surface area contributed by atoms with E-state index in [0.29, 0.717) is 0 Å². The third-order valence-corrected chi connectivity index (χ3v) is 12.8. The Kier molecular flexibility index (Phi) is 6.77. The number of fused-ring (bicyclic) bond motifs is 12. The first-order chi connectivity index (χ1) is 27.0. The highest BCUT2D eigenvalue weighted by molar-refractivity contribution is 6.10.